The summed E-state index contributed by atoms with van der Waals surface area (Å²) in [6.45, 7) is 3.72. The highest BCUT2D eigenvalue weighted by Crippen LogP contribution is 2.54. The molecule has 1 aliphatic carbocycles. The zero-order valence-corrected chi connectivity index (χ0v) is 17.0. The number of carbonyl (C=O) groups excluding carboxylic acids is 1. The second kappa shape index (κ2) is 7.32. The van der Waals surface area contributed by atoms with E-state index in [0.717, 1.165) is 11.1 Å². The lowest BCUT2D eigenvalue weighted by molar-refractivity contribution is -0.242. The lowest BCUT2D eigenvalue weighted by Crippen LogP contribution is -2.75. The molecule has 1 N–H and O–H groups in total. The van der Waals surface area contributed by atoms with Gasteiger partial charge in [-0.05, 0) is 25.0 Å². The average Bonchev–Trinajstić information content (AvgIpc) is 3.09. The maximum Gasteiger partial charge on any atom is 0.411 e. The molecule has 1 aliphatic heterocycles. The molecule has 0 spiro atoms. The first-order valence-corrected chi connectivity index (χ1v) is 9.95. The van der Waals surface area contributed by atoms with Gasteiger partial charge in [-0.3, -0.25) is 4.90 Å². The van der Waals surface area contributed by atoms with Crippen molar-refractivity contribution in [3.63, 3.8) is 0 Å². The second-order valence-electron chi connectivity index (χ2n) is 7.93. The second-order valence-corrected chi connectivity index (χ2v) is 7.93. The molecule has 1 amide bonds. The van der Waals surface area contributed by atoms with E-state index < -0.39 is 17.3 Å². The molecule has 2 fully saturated rings. The molecule has 5 atom stereocenters. The van der Waals surface area contributed by atoms with Gasteiger partial charge in [0.1, 0.15) is 17.2 Å². The van der Waals surface area contributed by atoms with Crippen LogP contribution in [0, 0.1) is 0 Å². The summed E-state index contributed by atoms with van der Waals surface area (Å²) < 4.78 is 11.7. The van der Waals surface area contributed by atoms with Crippen LogP contribution in [0.2, 0.25) is 0 Å². The lowest BCUT2D eigenvalue weighted by atomic mass is 9.61. The average molecular weight is 393 g/mol. The Kier molecular flexibility index (Phi) is 4.97. The number of amides is 1. The summed E-state index contributed by atoms with van der Waals surface area (Å²) in [5.41, 5.74) is -0.128. The van der Waals surface area contributed by atoms with Crippen molar-refractivity contribution >= 4 is 6.09 Å². The topological polar surface area (TPSA) is 59.0 Å². The molecule has 5 heteroatoms. The molecule has 152 valence electrons. The van der Waals surface area contributed by atoms with Crippen LogP contribution in [-0.4, -0.2) is 40.5 Å². The van der Waals surface area contributed by atoms with Crippen molar-refractivity contribution in [2.24, 2.45) is 0 Å². The van der Waals surface area contributed by atoms with Gasteiger partial charge in [-0.15, -0.1) is 0 Å². The molecule has 1 saturated carbocycles. The normalized spacial score (nSPS) is 34.3. The maximum absolute atomic E-state index is 13.1. The summed E-state index contributed by atoms with van der Waals surface area (Å²) >= 11 is 0. The van der Waals surface area contributed by atoms with Gasteiger partial charge in [0, 0.05) is 13.5 Å². The van der Waals surface area contributed by atoms with E-state index in [1.165, 1.54) is 0 Å². The molecule has 2 aromatic rings. The van der Waals surface area contributed by atoms with Gasteiger partial charge in [-0.1, -0.05) is 72.8 Å². The third kappa shape index (κ3) is 2.96. The minimum absolute atomic E-state index is 0.305. The number of cyclic esters (lactones) is 1. The van der Waals surface area contributed by atoms with Crippen LogP contribution in [0.15, 0.2) is 72.8 Å². The van der Waals surface area contributed by atoms with E-state index in [9.17, 15) is 9.90 Å². The van der Waals surface area contributed by atoms with Crippen molar-refractivity contribution in [2.45, 2.75) is 49.7 Å². The Balaban J connectivity index is 1.77. The van der Waals surface area contributed by atoms with Gasteiger partial charge in [0.15, 0.2) is 6.10 Å². The van der Waals surface area contributed by atoms with Gasteiger partial charge in [-0.25, -0.2) is 4.79 Å². The SMILES string of the molecule is C/C=C/[C@@]1(O)C[C@H](N2C(=O)O[C@@H](c3ccccc3)[C@H]2c2ccccc2)[C@@]1(C)OC. The highest BCUT2D eigenvalue weighted by molar-refractivity contribution is 5.73. The Morgan fingerprint density at radius 3 is 2.24 bits per heavy atom. The summed E-state index contributed by atoms with van der Waals surface area (Å²) in [4.78, 5) is 14.9. The number of aliphatic hydroxyl groups is 1. The van der Waals surface area contributed by atoms with Crippen LogP contribution in [0.5, 0.6) is 0 Å². The van der Waals surface area contributed by atoms with Gasteiger partial charge in [0.05, 0.1) is 6.04 Å². The Hall–Kier alpha value is -2.63. The van der Waals surface area contributed by atoms with Crippen LogP contribution in [0.25, 0.3) is 0 Å². The van der Waals surface area contributed by atoms with Crippen molar-refractivity contribution in [1.82, 2.24) is 4.90 Å². The number of hydrogen-bond donors (Lipinski definition) is 1. The predicted octanol–water partition coefficient (Wildman–Crippen LogP) is 4.41. The standard InChI is InChI=1S/C24H27NO4/c1-4-15-24(27)16-19(23(24,2)28-3)25-20(17-11-7-5-8-12-17)21(29-22(25)26)18-13-9-6-10-14-18/h4-15,19-21,27H,16H2,1-3H3/b15-4+/t19-,20+,21-,23+,24+/m0/s1. The fourth-order valence-corrected chi connectivity index (χ4v) is 4.73. The van der Waals surface area contributed by atoms with E-state index >= 15 is 0 Å². The summed E-state index contributed by atoms with van der Waals surface area (Å²) in [6.07, 6.45) is 3.14. The van der Waals surface area contributed by atoms with Gasteiger partial charge >= 0.3 is 6.09 Å². The molecular formula is C24H27NO4. The van der Waals surface area contributed by atoms with Gasteiger partial charge in [-0.2, -0.15) is 0 Å². The first kappa shape index (κ1) is 19.7. The highest BCUT2D eigenvalue weighted by atomic mass is 16.6. The zero-order valence-electron chi connectivity index (χ0n) is 17.0. The van der Waals surface area contributed by atoms with Crippen LogP contribution in [0.1, 0.15) is 43.5 Å². The summed E-state index contributed by atoms with van der Waals surface area (Å²) in [5.74, 6) is 0. The van der Waals surface area contributed by atoms with E-state index in [1.54, 1.807) is 18.1 Å². The Bertz CT molecular complexity index is 900. The number of ether oxygens (including phenoxy) is 2. The minimum atomic E-state index is -1.13. The first-order valence-electron chi connectivity index (χ1n) is 9.95. The molecule has 1 heterocycles. The van der Waals surface area contributed by atoms with Crippen molar-refractivity contribution in [2.75, 3.05) is 7.11 Å². The van der Waals surface area contributed by atoms with Crippen molar-refractivity contribution in [3.8, 4) is 0 Å². The van der Waals surface area contributed by atoms with E-state index in [4.69, 9.17) is 9.47 Å². The molecular weight excluding hydrogens is 366 g/mol. The smallest absolute Gasteiger partial charge is 0.411 e. The number of hydrogen-bond acceptors (Lipinski definition) is 4. The monoisotopic (exact) mass is 393 g/mol. The van der Waals surface area contributed by atoms with Gasteiger partial charge < -0.3 is 14.6 Å². The minimum Gasteiger partial charge on any atom is -0.439 e. The van der Waals surface area contributed by atoms with E-state index in [1.807, 2.05) is 80.6 Å². The van der Waals surface area contributed by atoms with Crippen LogP contribution in [0.4, 0.5) is 4.79 Å². The number of allylic oxidation sites excluding steroid dienone is 1. The third-order valence-corrected chi connectivity index (χ3v) is 6.50. The Labute approximate surface area is 171 Å². The number of nitrogens with zero attached hydrogens (tertiary/aromatic N) is 1. The number of carbonyl (C=O) groups is 1. The van der Waals surface area contributed by atoms with Crippen molar-refractivity contribution in [3.05, 3.63) is 83.9 Å². The van der Waals surface area contributed by atoms with Crippen LogP contribution in [-0.2, 0) is 9.47 Å². The summed E-state index contributed by atoms with van der Waals surface area (Å²) in [7, 11) is 1.58. The number of benzene rings is 2. The molecule has 0 aromatic heterocycles. The molecule has 2 aromatic carbocycles. The molecule has 5 nitrogen and oxygen atoms in total. The predicted molar refractivity (Wildman–Crippen MR) is 110 cm³/mol. The fourth-order valence-electron chi connectivity index (χ4n) is 4.73. The van der Waals surface area contributed by atoms with E-state index in [-0.39, 0.29) is 18.2 Å². The van der Waals surface area contributed by atoms with Crippen molar-refractivity contribution < 1.29 is 19.4 Å². The molecule has 4 rings (SSSR count). The summed E-state index contributed by atoms with van der Waals surface area (Å²) in [5, 5.41) is 11.1. The molecule has 2 aliphatic rings. The number of methoxy groups -OCH3 is 1. The zero-order chi connectivity index (χ0) is 20.6. The molecule has 0 radical (unpaired) electrons. The van der Waals surface area contributed by atoms with Gasteiger partial charge in [0.25, 0.3) is 0 Å². The highest BCUT2D eigenvalue weighted by Gasteiger charge is 2.67. The van der Waals surface area contributed by atoms with Crippen LogP contribution in [0.3, 0.4) is 0 Å². The lowest BCUT2D eigenvalue weighted by Gasteiger charge is -2.60. The quantitative estimate of drug-likeness (QED) is 0.765. The first-order chi connectivity index (χ1) is 13.9. The van der Waals surface area contributed by atoms with Crippen LogP contribution >= 0.6 is 0 Å². The Morgan fingerprint density at radius 1 is 1.10 bits per heavy atom. The Morgan fingerprint density at radius 2 is 1.69 bits per heavy atom. The van der Waals surface area contributed by atoms with Crippen LogP contribution < -0.4 is 0 Å². The molecule has 0 bridgehead atoms. The summed E-state index contributed by atoms with van der Waals surface area (Å²) in [6, 6.07) is 19.1. The molecule has 1 saturated heterocycles. The van der Waals surface area contributed by atoms with E-state index in [2.05, 4.69) is 0 Å². The maximum atomic E-state index is 13.1. The largest absolute Gasteiger partial charge is 0.439 e. The van der Waals surface area contributed by atoms with Gasteiger partial charge in [0.2, 0.25) is 0 Å². The molecule has 29 heavy (non-hydrogen) atoms. The number of rotatable bonds is 5. The fraction of sp³-hybridized carbons (Fsp3) is 0.375. The van der Waals surface area contributed by atoms with Crippen molar-refractivity contribution in [1.29, 1.82) is 0 Å². The molecule has 0 unspecified atom stereocenters. The van der Waals surface area contributed by atoms with E-state index in [0.29, 0.717) is 6.42 Å². The third-order valence-electron chi connectivity index (χ3n) is 6.50.